The number of hydrogen-bond acceptors (Lipinski definition) is 5. The number of rotatable bonds is 5. The fraction of sp³-hybridized carbons (Fsp3) is 0.240. The van der Waals surface area contributed by atoms with E-state index < -0.39 is 11.7 Å². The second-order valence-corrected chi connectivity index (χ2v) is 8.75. The minimum Gasteiger partial charge on any atom is -0.444 e. The smallest absolute Gasteiger partial charge is 0.413 e. The molecule has 2 aromatic heterocycles. The Morgan fingerprint density at radius 3 is 2.73 bits per heavy atom. The number of aromatic nitrogens is 2. The van der Waals surface area contributed by atoms with Crippen LogP contribution in [0.3, 0.4) is 0 Å². The third-order valence-electron chi connectivity index (χ3n) is 5.08. The molecule has 1 aliphatic heterocycles. The van der Waals surface area contributed by atoms with Gasteiger partial charge in [-0.3, -0.25) is 10.1 Å². The van der Waals surface area contributed by atoms with Crippen molar-refractivity contribution in [1.82, 2.24) is 20.2 Å². The van der Waals surface area contributed by atoms with Crippen LogP contribution < -0.4 is 5.32 Å². The fourth-order valence-corrected chi connectivity index (χ4v) is 3.59. The van der Waals surface area contributed by atoms with Crippen molar-refractivity contribution in [3.63, 3.8) is 0 Å². The molecule has 3 aromatic rings. The van der Waals surface area contributed by atoms with Crippen molar-refractivity contribution in [3.05, 3.63) is 89.3 Å². The first-order valence-electron chi connectivity index (χ1n) is 10.6. The SMILES string of the molecule is CC(C)(C)OC(=O)NC1=CC=C(C(=O)c2c[nH]c3ncccc23)CN1Cc1ccccc1F. The summed E-state index contributed by atoms with van der Waals surface area (Å²) < 4.78 is 19.7. The summed E-state index contributed by atoms with van der Waals surface area (Å²) in [7, 11) is 0. The van der Waals surface area contributed by atoms with Gasteiger partial charge in [-0.15, -0.1) is 0 Å². The molecule has 0 fully saturated rings. The molecule has 0 bridgehead atoms. The summed E-state index contributed by atoms with van der Waals surface area (Å²) in [5.74, 6) is -0.107. The molecule has 170 valence electrons. The molecule has 0 atom stereocenters. The van der Waals surface area contributed by atoms with Gasteiger partial charge in [0.1, 0.15) is 22.9 Å². The first-order chi connectivity index (χ1) is 15.7. The van der Waals surface area contributed by atoms with E-state index >= 15 is 0 Å². The van der Waals surface area contributed by atoms with Gasteiger partial charge >= 0.3 is 6.09 Å². The third kappa shape index (κ3) is 5.11. The van der Waals surface area contributed by atoms with E-state index in [1.165, 1.54) is 6.07 Å². The zero-order chi connectivity index (χ0) is 23.6. The highest BCUT2D eigenvalue weighted by Gasteiger charge is 2.26. The standard InChI is InChI=1S/C25H25FN4O3/c1-25(2,3)33-24(32)29-21-11-10-17(15-30(21)14-16-7-4-5-9-20(16)26)22(31)19-13-28-23-18(19)8-6-12-27-23/h4-13H,14-15H2,1-3H3,(H,27,28)(H,29,32). The Kier molecular flexibility index (Phi) is 6.00. The Morgan fingerprint density at radius 1 is 1.18 bits per heavy atom. The maximum atomic E-state index is 14.4. The first-order valence-corrected chi connectivity index (χ1v) is 10.6. The normalized spacial score (nSPS) is 14.0. The molecule has 1 aromatic carbocycles. The minimum absolute atomic E-state index is 0.161. The molecule has 4 rings (SSSR count). The zero-order valence-corrected chi connectivity index (χ0v) is 18.7. The lowest BCUT2D eigenvalue weighted by molar-refractivity contribution is 0.0526. The number of carbonyl (C=O) groups is 2. The van der Waals surface area contributed by atoms with E-state index in [4.69, 9.17) is 4.74 Å². The number of Topliss-reactive ketones (excluding diaryl/α,β-unsaturated/α-hetero) is 1. The number of fused-ring (bicyclic) bond motifs is 1. The number of allylic oxidation sites excluding steroid dienone is 2. The van der Waals surface area contributed by atoms with E-state index in [9.17, 15) is 14.0 Å². The van der Waals surface area contributed by atoms with Gasteiger partial charge in [-0.25, -0.2) is 14.2 Å². The fourth-order valence-electron chi connectivity index (χ4n) is 3.59. The predicted molar refractivity (Wildman–Crippen MR) is 123 cm³/mol. The molecule has 0 spiro atoms. The van der Waals surface area contributed by atoms with Gasteiger partial charge in [-0.1, -0.05) is 18.2 Å². The molecule has 0 unspecified atom stereocenters. The van der Waals surface area contributed by atoms with Crippen LogP contribution in [0.2, 0.25) is 0 Å². The highest BCUT2D eigenvalue weighted by atomic mass is 19.1. The summed E-state index contributed by atoms with van der Waals surface area (Å²) >= 11 is 0. The van der Waals surface area contributed by atoms with Crippen LogP contribution in [-0.4, -0.2) is 38.9 Å². The molecular formula is C25H25FN4O3. The highest BCUT2D eigenvalue weighted by Crippen LogP contribution is 2.24. The van der Waals surface area contributed by atoms with Crippen molar-refractivity contribution < 1.29 is 18.7 Å². The average Bonchev–Trinajstić information content (AvgIpc) is 3.19. The summed E-state index contributed by atoms with van der Waals surface area (Å²) in [4.78, 5) is 34.6. The molecule has 7 nitrogen and oxygen atoms in total. The lowest BCUT2D eigenvalue weighted by Crippen LogP contribution is -2.40. The van der Waals surface area contributed by atoms with Crippen LogP contribution >= 0.6 is 0 Å². The average molecular weight is 448 g/mol. The van der Waals surface area contributed by atoms with Crippen LogP contribution in [0, 0.1) is 5.82 Å². The second kappa shape index (κ2) is 8.90. The molecule has 0 saturated carbocycles. The number of amides is 1. The summed E-state index contributed by atoms with van der Waals surface area (Å²) in [6.07, 6.45) is 5.97. The predicted octanol–water partition coefficient (Wildman–Crippen LogP) is 4.69. The van der Waals surface area contributed by atoms with E-state index in [2.05, 4.69) is 15.3 Å². The van der Waals surface area contributed by atoms with E-state index in [1.807, 2.05) is 6.07 Å². The number of hydrogen-bond donors (Lipinski definition) is 2. The van der Waals surface area contributed by atoms with Crippen LogP contribution in [0.1, 0.15) is 36.7 Å². The van der Waals surface area contributed by atoms with E-state index in [0.717, 1.165) is 5.39 Å². The number of nitrogens with one attached hydrogen (secondary N) is 2. The minimum atomic E-state index is -0.671. The molecule has 0 saturated heterocycles. The van der Waals surface area contributed by atoms with Crippen molar-refractivity contribution in [2.75, 3.05) is 6.54 Å². The van der Waals surface area contributed by atoms with Crippen LogP contribution in [0.15, 0.2) is 72.3 Å². The lowest BCUT2D eigenvalue weighted by atomic mass is 10.0. The van der Waals surface area contributed by atoms with Crippen molar-refractivity contribution in [2.24, 2.45) is 0 Å². The number of H-pyrrole nitrogens is 1. The Hall–Kier alpha value is -3.94. The van der Waals surface area contributed by atoms with Crippen molar-refractivity contribution in [1.29, 1.82) is 0 Å². The van der Waals surface area contributed by atoms with Gasteiger partial charge in [0.15, 0.2) is 5.78 Å². The number of ether oxygens (including phenoxy) is 1. The quantitative estimate of drug-likeness (QED) is 0.553. The van der Waals surface area contributed by atoms with Crippen LogP contribution in [0.5, 0.6) is 0 Å². The number of halogens is 1. The van der Waals surface area contributed by atoms with Crippen LogP contribution in [0.4, 0.5) is 9.18 Å². The molecule has 3 heterocycles. The Morgan fingerprint density at radius 2 is 1.97 bits per heavy atom. The van der Waals surface area contributed by atoms with Crippen LogP contribution in [-0.2, 0) is 11.3 Å². The van der Waals surface area contributed by atoms with Gasteiger partial charge in [-0.2, -0.15) is 0 Å². The van der Waals surface area contributed by atoms with E-state index in [-0.39, 0.29) is 24.7 Å². The highest BCUT2D eigenvalue weighted by molar-refractivity contribution is 6.16. The van der Waals surface area contributed by atoms with Gasteiger partial charge in [0.05, 0.1) is 0 Å². The third-order valence-corrected chi connectivity index (χ3v) is 5.08. The number of pyridine rings is 1. The lowest BCUT2D eigenvalue weighted by Gasteiger charge is -2.31. The number of nitrogens with zero attached hydrogens (tertiary/aromatic N) is 2. The Bertz CT molecular complexity index is 1270. The number of carbonyl (C=O) groups excluding carboxylic acids is 2. The number of ketones is 1. The first kappa shape index (κ1) is 22.3. The van der Waals surface area contributed by atoms with Crippen molar-refractivity contribution in [3.8, 4) is 0 Å². The van der Waals surface area contributed by atoms with Crippen molar-refractivity contribution in [2.45, 2.75) is 32.9 Å². The topological polar surface area (TPSA) is 87.3 Å². The van der Waals surface area contributed by atoms with Gasteiger partial charge < -0.3 is 14.6 Å². The maximum absolute atomic E-state index is 14.4. The number of alkyl carbamates (subject to hydrolysis) is 1. The van der Waals surface area contributed by atoms with Gasteiger partial charge in [0.25, 0.3) is 0 Å². The molecule has 8 heteroatoms. The van der Waals surface area contributed by atoms with Gasteiger partial charge in [0.2, 0.25) is 0 Å². The van der Waals surface area contributed by atoms with E-state index in [0.29, 0.717) is 28.2 Å². The maximum Gasteiger partial charge on any atom is 0.413 e. The van der Waals surface area contributed by atoms with Crippen LogP contribution in [0.25, 0.3) is 11.0 Å². The molecule has 2 N–H and O–H groups in total. The molecule has 33 heavy (non-hydrogen) atoms. The summed E-state index contributed by atoms with van der Waals surface area (Å²) in [5, 5.41) is 3.45. The summed E-state index contributed by atoms with van der Waals surface area (Å²) in [6, 6.07) is 10.0. The Labute approximate surface area is 191 Å². The molecule has 0 aliphatic carbocycles. The summed E-state index contributed by atoms with van der Waals surface area (Å²) in [6.45, 7) is 5.65. The second-order valence-electron chi connectivity index (χ2n) is 8.75. The van der Waals surface area contributed by atoms with E-state index in [1.54, 1.807) is 74.5 Å². The number of aromatic amines is 1. The number of benzene rings is 1. The van der Waals surface area contributed by atoms with Gasteiger partial charge in [-0.05, 0) is 51.1 Å². The largest absolute Gasteiger partial charge is 0.444 e. The zero-order valence-electron chi connectivity index (χ0n) is 18.7. The van der Waals surface area contributed by atoms with Crippen molar-refractivity contribution >= 4 is 22.9 Å². The monoisotopic (exact) mass is 448 g/mol. The molecule has 1 amide bonds. The van der Waals surface area contributed by atoms with Gasteiger partial charge in [0, 0.05) is 47.6 Å². The Balaban J connectivity index is 1.63. The molecular weight excluding hydrogens is 423 g/mol. The molecule has 0 radical (unpaired) electrons. The molecule has 1 aliphatic rings. The summed E-state index contributed by atoms with van der Waals surface area (Å²) in [5.41, 5.74) is 1.41.